The number of hydrogen-bond donors (Lipinski definition) is 1. The molecule has 0 unspecified atom stereocenters. The second-order valence-electron chi connectivity index (χ2n) is 2.85. The van der Waals surface area contributed by atoms with Gasteiger partial charge in [-0.3, -0.25) is 0 Å². The molecular formula is C9H9F2IN2O2. The van der Waals surface area contributed by atoms with Gasteiger partial charge in [-0.15, -0.1) is 0 Å². The molecular weight excluding hydrogens is 333 g/mol. The first-order chi connectivity index (χ1) is 7.51. The molecule has 0 amide bonds. The molecule has 0 aromatic carbocycles. The third-order valence-electron chi connectivity index (χ3n) is 1.88. The molecule has 0 spiro atoms. The number of methoxy groups -OCH3 is 1. The molecule has 0 aliphatic heterocycles. The Morgan fingerprint density at radius 1 is 1.69 bits per heavy atom. The Morgan fingerprint density at radius 3 is 2.75 bits per heavy atom. The number of halogens is 3. The molecule has 0 saturated carbocycles. The average Bonchev–Trinajstić information content (AvgIpc) is 2.27. The van der Waals surface area contributed by atoms with E-state index in [0.717, 1.165) is 13.2 Å². The smallest absolute Gasteiger partial charge is 0.356 e. The molecule has 16 heavy (non-hydrogen) atoms. The summed E-state index contributed by atoms with van der Waals surface area (Å²) in [5.74, 6) is -0.756. The van der Waals surface area contributed by atoms with Crippen molar-refractivity contribution in [1.29, 1.82) is 0 Å². The number of nitrogens with zero attached hydrogens (tertiary/aromatic N) is 1. The summed E-state index contributed by atoms with van der Waals surface area (Å²) in [4.78, 5) is 15.1. The Bertz CT molecular complexity index is 413. The lowest BCUT2D eigenvalue weighted by Gasteiger charge is -2.09. The van der Waals surface area contributed by atoms with E-state index in [9.17, 15) is 13.6 Å². The van der Waals surface area contributed by atoms with Crippen molar-refractivity contribution in [2.24, 2.45) is 5.73 Å². The number of rotatable bonds is 3. The maximum absolute atomic E-state index is 12.7. The van der Waals surface area contributed by atoms with Gasteiger partial charge in [0.1, 0.15) is 5.69 Å². The highest BCUT2D eigenvalue weighted by molar-refractivity contribution is 14.1. The zero-order chi connectivity index (χ0) is 12.3. The molecule has 0 atom stereocenters. The third-order valence-corrected chi connectivity index (χ3v) is 3.12. The second-order valence-corrected chi connectivity index (χ2v) is 3.93. The number of nitrogens with two attached hydrogens (primary N) is 1. The summed E-state index contributed by atoms with van der Waals surface area (Å²) >= 11 is 1.73. The molecule has 0 radical (unpaired) electrons. The summed E-state index contributed by atoms with van der Waals surface area (Å²) in [6, 6.07) is 1.03. The van der Waals surface area contributed by atoms with Crippen LogP contribution in [0, 0.1) is 3.57 Å². The van der Waals surface area contributed by atoms with Crippen molar-refractivity contribution in [3.8, 4) is 0 Å². The first kappa shape index (κ1) is 13.2. The van der Waals surface area contributed by atoms with Crippen molar-refractivity contribution in [3.05, 3.63) is 26.6 Å². The highest BCUT2D eigenvalue weighted by Crippen LogP contribution is 2.27. The van der Waals surface area contributed by atoms with E-state index in [-0.39, 0.29) is 27.1 Å². The summed E-state index contributed by atoms with van der Waals surface area (Å²) in [5, 5.41) is 0. The highest BCUT2D eigenvalue weighted by Gasteiger charge is 2.19. The molecule has 0 fully saturated rings. The second kappa shape index (κ2) is 5.48. The molecule has 1 aromatic heterocycles. The van der Waals surface area contributed by atoms with Crippen molar-refractivity contribution >= 4 is 28.6 Å². The number of alkyl halides is 2. The van der Waals surface area contributed by atoms with Crippen LogP contribution in [0.1, 0.15) is 28.2 Å². The topological polar surface area (TPSA) is 65.2 Å². The van der Waals surface area contributed by atoms with E-state index in [1.54, 1.807) is 22.6 Å². The SMILES string of the molecule is COC(=O)c1cc(C(F)F)c(I)c(CN)n1. The summed E-state index contributed by atoms with van der Waals surface area (Å²) in [6.45, 7) is -0.0111. The fraction of sp³-hybridized carbons (Fsp3) is 0.333. The van der Waals surface area contributed by atoms with Crippen LogP contribution in [0.2, 0.25) is 0 Å². The molecule has 1 aromatic rings. The maximum atomic E-state index is 12.7. The van der Waals surface area contributed by atoms with Crippen LogP contribution in [0.3, 0.4) is 0 Å². The Labute approximate surface area is 104 Å². The van der Waals surface area contributed by atoms with Crippen LogP contribution < -0.4 is 5.73 Å². The minimum atomic E-state index is -2.68. The fourth-order valence-electron chi connectivity index (χ4n) is 1.11. The van der Waals surface area contributed by atoms with Crippen LogP contribution in [0.5, 0.6) is 0 Å². The van der Waals surface area contributed by atoms with E-state index in [2.05, 4.69) is 9.72 Å². The molecule has 0 aliphatic carbocycles. The minimum Gasteiger partial charge on any atom is -0.464 e. The third kappa shape index (κ3) is 2.64. The predicted octanol–water partition coefficient (Wildman–Crippen LogP) is 1.87. The van der Waals surface area contributed by atoms with Gasteiger partial charge in [-0.2, -0.15) is 0 Å². The van der Waals surface area contributed by atoms with Gasteiger partial charge in [0, 0.05) is 15.7 Å². The molecule has 0 bridgehead atoms. The van der Waals surface area contributed by atoms with Crippen LogP contribution in [0.15, 0.2) is 6.07 Å². The van der Waals surface area contributed by atoms with Crippen LogP contribution in [0.4, 0.5) is 8.78 Å². The highest BCUT2D eigenvalue weighted by atomic mass is 127. The molecule has 0 saturated heterocycles. The van der Waals surface area contributed by atoms with Crippen LogP contribution in [-0.4, -0.2) is 18.1 Å². The van der Waals surface area contributed by atoms with Gasteiger partial charge in [0.25, 0.3) is 6.43 Å². The normalized spacial score (nSPS) is 10.6. The Hall–Kier alpha value is -0.830. The van der Waals surface area contributed by atoms with Gasteiger partial charge in [-0.25, -0.2) is 18.6 Å². The number of pyridine rings is 1. The number of aromatic nitrogens is 1. The zero-order valence-corrected chi connectivity index (χ0v) is 10.5. The first-order valence-corrected chi connectivity index (χ1v) is 5.35. The van der Waals surface area contributed by atoms with E-state index in [0.29, 0.717) is 0 Å². The Morgan fingerprint density at radius 2 is 2.31 bits per heavy atom. The van der Waals surface area contributed by atoms with Gasteiger partial charge in [0.05, 0.1) is 12.8 Å². The van der Waals surface area contributed by atoms with E-state index in [4.69, 9.17) is 5.73 Å². The quantitative estimate of drug-likeness (QED) is 0.673. The van der Waals surface area contributed by atoms with Gasteiger partial charge in [-0.05, 0) is 28.7 Å². The van der Waals surface area contributed by atoms with Crippen LogP contribution in [-0.2, 0) is 11.3 Å². The summed E-state index contributed by atoms with van der Waals surface area (Å²) in [6.07, 6.45) is -2.68. The number of hydrogen-bond acceptors (Lipinski definition) is 4. The van der Waals surface area contributed by atoms with Gasteiger partial charge in [0.15, 0.2) is 0 Å². The lowest BCUT2D eigenvalue weighted by atomic mass is 10.2. The van der Waals surface area contributed by atoms with Crippen molar-refractivity contribution in [1.82, 2.24) is 4.98 Å². The summed E-state index contributed by atoms with van der Waals surface area (Å²) in [5.41, 5.74) is 5.22. The van der Waals surface area contributed by atoms with Crippen molar-refractivity contribution in [3.63, 3.8) is 0 Å². The molecule has 88 valence electrons. The average molecular weight is 342 g/mol. The van der Waals surface area contributed by atoms with Crippen molar-refractivity contribution < 1.29 is 18.3 Å². The number of ether oxygens (including phenoxy) is 1. The summed E-state index contributed by atoms with van der Waals surface area (Å²) in [7, 11) is 1.16. The molecule has 2 N–H and O–H groups in total. The van der Waals surface area contributed by atoms with Gasteiger partial charge < -0.3 is 10.5 Å². The number of esters is 1. The van der Waals surface area contributed by atoms with Crippen LogP contribution >= 0.6 is 22.6 Å². The fourth-order valence-corrected chi connectivity index (χ4v) is 1.84. The van der Waals surface area contributed by atoms with Gasteiger partial charge >= 0.3 is 5.97 Å². The monoisotopic (exact) mass is 342 g/mol. The molecule has 0 aliphatic rings. The van der Waals surface area contributed by atoms with Gasteiger partial charge in [0.2, 0.25) is 0 Å². The van der Waals surface area contributed by atoms with E-state index in [1.165, 1.54) is 0 Å². The van der Waals surface area contributed by atoms with Crippen molar-refractivity contribution in [2.45, 2.75) is 13.0 Å². The molecule has 7 heteroatoms. The van der Waals surface area contributed by atoms with Crippen molar-refractivity contribution in [2.75, 3.05) is 7.11 Å². The lowest BCUT2D eigenvalue weighted by molar-refractivity contribution is 0.0593. The largest absolute Gasteiger partial charge is 0.464 e. The first-order valence-electron chi connectivity index (χ1n) is 4.27. The molecule has 1 heterocycles. The predicted molar refractivity (Wildman–Crippen MR) is 61.1 cm³/mol. The molecule has 1 rings (SSSR count). The van der Waals surface area contributed by atoms with E-state index >= 15 is 0 Å². The van der Waals surface area contributed by atoms with E-state index < -0.39 is 12.4 Å². The number of carbonyl (C=O) groups is 1. The summed E-state index contributed by atoms with van der Waals surface area (Å²) < 4.78 is 30.0. The molecule has 4 nitrogen and oxygen atoms in total. The zero-order valence-electron chi connectivity index (χ0n) is 8.34. The number of carbonyl (C=O) groups excluding carboxylic acids is 1. The Balaban J connectivity index is 3.34. The minimum absolute atomic E-state index is 0.0111. The van der Waals surface area contributed by atoms with Gasteiger partial charge in [-0.1, -0.05) is 0 Å². The standard InChI is InChI=1S/C9H9F2IN2O2/c1-16-9(15)5-2-4(8(10)11)7(12)6(3-13)14-5/h2,8H,3,13H2,1H3. The van der Waals surface area contributed by atoms with E-state index in [1.807, 2.05) is 0 Å². The maximum Gasteiger partial charge on any atom is 0.356 e. The Kier molecular flexibility index (Phi) is 4.54. The van der Waals surface area contributed by atoms with Crippen LogP contribution in [0.25, 0.3) is 0 Å². The lowest BCUT2D eigenvalue weighted by Crippen LogP contribution is -2.12.